The lowest BCUT2D eigenvalue weighted by molar-refractivity contribution is 0.0690. The minimum Gasteiger partial charge on any atom is -0.375 e. The van der Waals surface area contributed by atoms with Crippen LogP contribution in [0.25, 0.3) is 21.2 Å². The standard InChI is InChI=1S/C26H22FN5O2S/c27-17-6-3-5-15(10-17)23-22(31-26(28)35-23)25(34)32-13-16-11-19(16)20(32)12-30-24(33)21-18-7-2-1-4-14(18)8-9-29-21/h1-10,16,19-20H,11-13H2,(H2,28,31)(H,30,33)/t16-,19-,20+/m0/s1. The molecule has 9 heteroatoms. The maximum Gasteiger partial charge on any atom is 0.274 e. The average molecular weight is 488 g/mol. The zero-order valence-electron chi connectivity index (χ0n) is 18.6. The Kier molecular flexibility index (Phi) is 5.21. The maximum atomic E-state index is 13.8. The van der Waals surface area contributed by atoms with E-state index in [1.807, 2.05) is 30.3 Å². The number of anilines is 1. The van der Waals surface area contributed by atoms with Gasteiger partial charge in [-0.25, -0.2) is 9.37 Å². The molecule has 4 aromatic rings. The molecule has 2 aromatic heterocycles. The Morgan fingerprint density at radius 3 is 2.86 bits per heavy atom. The minimum absolute atomic E-state index is 0.144. The molecule has 0 unspecified atom stereocenters. The third kappa shape index (κ3) is 3.91. The number of likely N-dealkylation sites (tertiary alicyclic amines) is 1. The van der Waals surface area contributed by atoms with Crippen LogP contribution in [0, 0.1) is 17.7 Å². The molecule has 0 bridgehead atoms. The van der Waals surface area contributed by atoms with Crippen LogP contribution in [0.15, 0.2) is 60.8 Å². The van der Waals surface area contributed by atoms with Crippen molar-refractivity contribution in [3.8, 4) is 10.4 Å². The van der Waals surface area contributed by atoms with Crippen LogP contribution in [0.5, 0.6) is 0 Å². The van der Waals surface area contributed by atoms with Gasteiger partial charge in [0.1, 0.15) is 17.2 Å². The number of amides is 2. The van der Waals surface area contributed by atoms with Gasteiger partial charge < -0.3 is 16.0 Å². The number of carbonyl (C=O) groups excluding carboxylic acids is 2. The van der Waals surface area contributed by atoms with E-state index in [-0.39, 0.29) is 28.7 Å². The highest BCUT2D eigenvalue weighted by molar-refractivity contribution is 7.19. The molecule has 176 valence electrons. The molecule has 2 amide bonds. The summed E-state index contributed by atoms with van der Waals surface area (Å²) in [5.41, 5.74) is 7.11. The summed E-state index contributed by atoms with van der Waals surface area (Å²) in [5, 5.41) is 4.98. The summed E-state index contributed by atoms with van der Waals surface area (Å²) < 4.78 is 13.8. The van der Waals surface area contributed by atoms with Gasteiger partial charge in [0.15, 0.2) is 5.13 Å². The fraction of sp³-hybridized carbons (Fsp3) is 0.231. The smallest absolute Gasteiger partial charge is 0.274 e. The van der Waals surface area contributed by atoms with Gasteiger partial charge in [0.05, 0.1) is 10.9 Å². The highest BCUT2D eigenvalue weighted by atomic mass is 32.1. The summed E-state index contributed by atoms with van der Waals surface area (Å²) in [7, 11) is 0. The molecule has 1 saturated carbocycles. The molecule has 35 heavy (non-hydrogen) atoms. The highest BCUT2D eigenvalue weighted by Gasteiger charge is 2.54. The molecule has 1 aliphatic carbocycles. The molecule has 6 rings (SSSR count). The first-order valence-corrected chi connectivity index (χ1v) is 12.3. The quantitative estimate of drug-likeness (QED) is 0.444. The van der Waals surface area contributed by atoms with Gasteiger partial charge in [-0.05, 0) is 47.4 Å². The van der Waals surface area contributed by atoms with Crippen LogP contribution >= 0.6 is 11.3 Å². The number of rotatable bonds is 5. The van der Waals surface area contributed by atoms with Gasteiger partial charge in [0.2, 0.25) is 0 Å². The molecule has 1 saturated heterocycles. The van der Waals surface area contributed by atoms with Gasteiger partial charge in [-0.15, -0.1) is 0 Å². The first-order chi connectivity index (χ1) is 17.0. The number of fused-ring (bicyclic) bond motifs is 2. The third-order valence-corrected chi connectivity index (χ3v) is 7.79. The number of piperidine rings is 1. The molecule has 0 spiro atoms. The van der Waals surface area contributed by atoms with E-state index < -0.39 is 5.82 Å². The molecule has 3 N–H and O–H groups in total. The van der Waals surface area contributed by atoms with E-state index in [1.54, 1.807) is 23.2 Å². The molecule has 2 aromatic carbocycles. The Morgan fingerprint density at radius 1 is 1.14 bits per heavy atom. The maximum absolute atomic E-state index is 13.8. The Hall–Kier alpha value is -3.85. The van der Waals surface area contributed by atoms with E-state index in [0.29, 0.717) is 41.1 Å². The first-order valence-electron chi connectivity index (χ1n) is 11.4. The minimum atomic E-state index is -0.391. The molecule has 3 heterocycles. The van der Waals surface area contributed by atoms with Crippen LogP contribution in [0.2, 0.25) is 0 Å². The number of benzene rings is 2. The summed E-state index contributed by atoms with van der Waals surface area (Å²) in [5.74, 6) is -0.139. The Bertz CT molecular complexity index is 1470. The fourth-order valence-electron chi connectivity index (χ4n) is 5.09. The summed E-state index contributed by atoms with van der Waals surface area (Å²) in [4.78, 5) is 37.5. The van der Waals surface area contributed by atoms with Gasteiger partial charge in [-0.2, -0.15) is 0 Å². The van der Waals surface area contributed by atoms with Crippen molar-refractivity contribution < 1.29 is 14.0 Å². The Balaban J connectivity index is 1.23. The van der Waals surface area contributed by atoms with Gasteiger partial charge in [-0.3, -0.25) is 14.6 Å². The molecular formula is C26H22FN5O2S. The van der Waals surface area contributed by atoms with Crippen molar-refractivity contribution in [2.24, 2.45) is 11.8 Å². The normalized spacial score (nSPS) is 20.6. The number of aromatic nitrogens is 2. The number of nitrogens with zero attached hydrogens (tertiary/aromatic N) is 3. The van der Waals surface area contributed by atoms with Gasteiger partial charge >= 0.3 is 0 Å². The number of pyridine rings is 1. The summed E-state index contributed by atoms with van der Waals surface area (Å²) in [6.07, 6.45) is 2.66. The van der Waals surface area contributed by atoms with Crippen LogP contribution in [0.3, 0.4) is 0 Å². The monoisotopic (exact) mass is 487 g/mol. The third-order valence-electron chi connectivity index (χ3n) is 6.86. The number of hydrogen-bond acceptors (Lipinski definition) is 6. The molecule has 7 nitrogen and oxygen atoms in total. The highest BCUT2D eigenvalue weighted by Crippen LogP contribution is 2.50. The van der Waals surface area contributed by atoms with E-state index in [2.05, 4.69) is 15.3 Å². The summed E-state index contributed by atoms with van der Waals surface area (Å²) in [6, 6.07) is 15.4. The number of halogens is 1. The predicted molar refractivity (Wildman–Crippen MR) is 132 cm³/mol. The lowest BCUT2D eigenvalue weighted by atomic mass is 10.1. The topological polar surface area (TPSA) is 101 Å². The van der Waals surface area contributed by atoms with Crippen LogP contribution in [0.1, 0.15) is 27.4 Å². The summed E-state index contributed by atoms with van der Waals surface area (Å²) in [6.45, 7) is 0.933. The van der Waals surface area contributed by atoms with Crippen LogP contribution in [0.4, 0.5) is 9.52 Å². The number of carbonyl (C=O) groups is 2. The van der Waals surface area contributed by atoms with Crippen LogP contribution < -0.4 is 11.1 Å². The van der Waals surface area contributed by atoms with Crippen molar-refractivity contribution in [3.63, 3.8) is 0 Å². The van der Waals surface area contributed by atoms with Crippen LogP contribution in [-0.2, 0) is 0 Å². The zero-order valence-corrected chi connectivity index (χ0v) is 19.5. The molecule has 0 radical (unpaired) electrons. The number of nitrogen functional groups attached to an aromatic ring is 1. The number of nitrogens with one attached hydrogen (secondary N) is 1. The number of thiazole rings is 1. The Labute approximate surface area is 204 Å². The van der Waals surface area contributed by atoms with Crippen molar-refractivity contribution in [2.75, 3.05) is 18.8 Å². The lowest BCUT2D eigenvalue weighted by Crippen LogP contribution is -2.46. The van der Waals surface area contributed by atoms with E-state index in [9.17, 15) is 14.0 Å². The Morgan fingerprint density at radius 2 is 2.00 bits per heavy atom. The summed E-state index contributed by atoms with van der Waals surface area (Å²) >= 11 is 1.17. The predicted octanol–water partition coefficient (Wildman–Crippen LogP) is 3.97. The largest absolute Gasteiger partial charge is 0.375 e. The lowest BCUT2D eigenvalue weighted by Gasteiger charge is -2.27. The number of nitrogens with two attached hydrogens (primary N) is 1. The molecular weight excluding hydrogens is 465 g/mol. The second kappa shape index (κ2) is 8.42. The molecule has 1 aliphatic heterocycles. The van der Waals surface area contributed by atoms with Gasteiger partial charge in [-0.1, -0.05) is 47.7 Å². The first kappa shape index (κ1) is 21.7. The molecule has 3 atom stereocenters. The van der Waals surface area contributed by atoms with Crippen LogP contribution in [-0.4, -0.2) is 45.8 Å². The van der Waals surface area contributed by atoms with Crippen molar-refractivity contribution in [1.29, 1.82) is 0 Å². The van der Waals surface area contributed by atoms with E-state index >= 15 is 0 Å². The van der Waals surface area contributed by atoms with Gasteiger partial charge in [0.25, 0.3) is 11.8 Å². The van der Waals surface area contributed by atoms with Crippen molar-refractivity contribution in [3.05, 3.63) is 78.0 Å². The van der Waals surface area contributed by atoms with Crippen molar-refractivity contribution >= 4 is 39.1 Å². The fourth-order valence-corrected chi connectivity index (χ4v) is 5.91. The van der Waals surface area contributed by atoms with E-state index in [4.69, 9.17) is 5.73 Å². The van der Waals surface area contributed by atoms with Crippen molar-refractivity contribution in [1.82, 2.24) is 20.2 Å². The second-order valence-corrected chi connectivity index (χ2v) is 10.0. The van der Waals surface area contributed by atoms with Gasteiger partial charge in [0, 0.05) is 24.7 Å². The van der Waals surface area contributed by atoms with E-state index in [1.165, 1.54) is 23.5 Å². The molecule has 2 aliphatic rings. The van der Waals surface area contributed by atoms with E-state index in [0.717, 1.165) is 17.2 Å². The molecule has 2 fully saturated rings. The zero-order chi connectivity index (χ0) is 24.1. The average Bonchev–Trinajstić information content (AvgIpc) is 3.38. The SMILES string of the molecule is Nc1nc(C(=O)N2C[C@@H]3C[C@@H]3[C@H]2CNC(=O)c2nccc3ccccc23)c(-c2cccc(F)c2)s1. The van der Waals surface area contributed by atoms with Crippen molar-refractivity contribution in [2.45, 2.75) is 12.5 Å². The number of hydrogen-bond donors (Lipinski definition) is 2. The second-order valence-electron chi connectivity index (χ2n) is 9.02.